The third-order valence-corrected chi connectivity index (χ3v) is 4.91. The summed E-state index contributed by atoms with van der Waals surface area (Å²) in [6.45, 7) is 1.94. The van der Waals surface area contributed by atoms with Crippen molar-refractivity contribution < 1.29 is 0 Å². The number of benzene rings is 2. The van der Waals surface area contributed by atoms with Crippen molar-refractivity contribution in [2.45, 2.75) is 12.7 Å². The van der Waals surface area contributed by atoms with Crippen LogP contribution >= 0.6 is 24.0 Å². The number of hydrogen-bond donors (Lipinski definition) is 1. The van der Waals surface area contributed by atoms with Crippen LogP contribution in [0.3, 0.4) is 0 Å². The smallest absolute Gasteiger partial charge is 0.154 e. The van der Waals surface area contributed by atoms with Gasteiger partial charge in [0.1, 0.15) is 0 Å². The number of nitrogens with zero attached hydrogens (tertiary/aromatic N) is 2. The van der Waals surface area contributed by atoms with Gasteiger partial charge < -0.3 is 0 Å². The molecular formula is C19H17N3S2. The zero-order valence-corrected chi connectivity index (χ0v) is 14.9. The van der Waals surface area contributed by atoms with Crippen LogP contribution in [0.5, 0.6) is 0 Å². The molecule has 0 amide bonds. The first kappa shape index (κ1) is 16.6. The number of pyridine rings is 1. The van der Waals surface area contributed by atoms with E-state index >= 15 is 0 Å². The van der Waals surface area contributed by atoms with Crippen molar-refractivity contribution in [2.75, 3.05) is 0 Å². The van der Waals surface area contributed by atoms with Gasteiger partial charge >= 0.3 is 0 Å². The molecule has 24 heavy (non-hydrogen) atoms. The molecular weight excluding hydrogens is 334 g/mol. The van der Waals surface area contributed by atoms with E-state index in [0.717, 1.165) is 17.0 Å². The number of hydrazone groups is 1. The minimum Gasteiger partial charge on any atom is -0.265 e. The van der Waals surface area contributed by atoms with E-state index in [0.29, 0.717) is 4.32 Å². The van der Waals surface area contributed by atoms with E-state index in [1.165, 1.54) is 16.3 Å². The minimum atomic E-state index is 0.663. The summed E-state index contributed by atoms with van der Waals surface area (Å²) in [6, 6.07) is 18.6. The summed E-state index contributed by atoms with van der Waals surface area (Å²) in [7, 11) is 0. The molecule has 3 aromatic rings. The van der Waals surface area contributed by atoms with E-state index in [1.807, 2.05) is 19.1 Å². The Balaban J connectivity index is 1.61. The first-order valence-electron chi connectivity index (χ1n) is 7.58. The van der Waals surface area contributed by atoms with Crippen molar-refractivity contribution in [3.8, 4) is 0 Å². The molecule has 120 valence electrons. The van der Waals surface area contributed by atoms with Crippen LogP contribution in [0.4, 0.5) is 0 Å². The summed E-state index contributed by atoms with van der Waals surface area (Å²) in [5, 5.41) is 6.87. The van der Waals surface area contributed by atoms with Gasteiger partial charge in [0.2, 0.25) is 0 Å². The van der Waals surface area contributed by atoms with Gasteiger partial charge in [0, 0.05) is 23.7 Å². The van der Waals surface area contributed by atoms with Gasteiger partial charge in [-0.2, -0.15) is 5.10 Å². The molecule has 0 spiro atoms. The summed E-state index contributed by atoms with van der Waals surface area (Å²) in [5.74, 6) is 0.816. The Morgan fingerprint density at radius 3 is 2.67 bits per heavy atom. The summed E-state index contributed by atoms with van der Waals surface area (Å²) in [4.78, 5) is 4.01. The van der Waals surface area contributed by atoms with Crippen molar-refractivity contribution >= 4 is 44.8 Å². The van der Waals surface area contributed by atoms with Crippen molar-refractivity contribution in [3.63, 3.8) is 0 Å². The second kappa shape index (κ2) is 8.04. The van der Waals surface area contributed by atoms with Gasteiger partial charge in [0.15, 0.2) is 4.32 Å². The van der Waals surface area contributed by atoms with Gasteiger partial charge in [-0.3, -0.25) is 10.4 Å². The topological polar surface area (TPSA) is 37.3 Å². The molecule has 5 heteroatoms. The number of fused-ring (bicyclic) bond motifs is 1. The molecule has 1 heterocycles. The Hall–Kier alpha value is -2.24. The quantitative estimate of drug-likeness (QED) is 0.417. The molecule has 0 aliphatic rings. The van der Waals surface area contributed by atoms with Crippen LogP contribution in [0.25, 0.3) is 10.8 Å². The molecule has 0 saturated carbocycles. The number of nitrogens with one attached hydrogen (secondary N) is 1. The van der Waals surface area contributed by atoms with E-state index in [9.17, 15) is 0 Å². The minimum absolute atomic E-state index is 0.663. The average Bonchev–Trinajstić information content (AvgIpc) is 2.65. The predicted octanol–water partition coefficient (Wildman–Crippen LogP) is 4.77. The van der Waals surface area contributed by atoms with Gasteiger partial charge in [-0.05, 0) is 35.4 Å². The SMILES string of the molecule is C/C(=N\NC(=S)SCc1cccc2ccccc12)c1ccncc1. The fraction of sp³-hybridized carbons (Fsp3) is 0.105. The summed E-state index contributed by atoms with van der Waals surface area (Å²) in [6.07, 6.45) is 3.50. The maximum absolute atomic E-state index is 5.38. The normalized spacial score (nSPS) is 11.5. The zero-order valence-electron chi connectivity index (χ0n) is 13.3. The van der Waals surface area contributed by atoms with E-state index in [1.54, 1.807) is 24.2 Å². The molecule has 3 rings (SSSR count). The van der Waals surface area contributed by atoms with Crippen molar-refractivity contribution in [1.82, 2.24) is 10.4 Å². The Kier molecular flexibility index (Phi) is 5.56. The summed E-state index contributed by atoms with van der Waals surface area (Å²) < 4.78 is 0.663. The van der Waals surface area contributed by atoms with Crippen molar-refractivity contribution in [3.05, 3.63) is 78.1 Å². The third-order valence-electron chi connectivity index (χ3n) is 3.65. The molecule has 1 N–H and O–H groups in total. The molecule has 0 aliphatic carbocycles. The maximum atomic E-state index is 5.38. The molecule has 0 bridgehead atoms. The standard InChI is InChI=1S/C19H17N3S2/c1-14(15-9-11-20-12-10-15)21-22-19(23)24-13-17-7-4-6-16-5-2-3-8-18(16)17/h2-12H,13H2,1H3,(H,22,23)/b21-14+. The van der Waals surface area contributed by atoms with E-state index in [-0.39, 0.29) is 0 Å². The Morgan fingerprint density at radius 2 is 1.83 bits per heavy atom. The fourth-order valence-electron chi connectivity index (χ4n) is 2.38. The van der Waals surface area contributed by atoms with Gasteiger partial charge in [-0.25, -0.2) is 0 Å². The lowest BCUT2D eigenvalue weighted by Crippen LogP contribution is -2.14. The molecule has 0 aliphatic heterocycles. The highest BCUT2D eigenvalue weighted by Gasteiger charge is 2.03. The molecule has 0 radical (unpaired) electrons. The average molecular weight is 352 g/mol. The summed E-state index contributed by atoms with van der Waals surface area (Å²) in [5.41, 5.74) is 6.14. The van der Waals surface area contributed by atoms with E-state index in [2.05, 4.69) is 58.0 Å². The lowest BCUT2D eigenvalue weighted by atomic mass is 10.1. The molecule has 0 fully saturated rings. The van der Waals surface area contributed by atoms with Crippen LogP contribution in [0.15, 0.2) is 72.1 Å². The van der Waals surface area contributed by atoms with Crippen LogP contribution in [0.1, 0.15) is 18.1 Å². The summed E-state index contributed by atoms with van der Waals surface area (Å²) >= 11 is 6.96. The number of aromatic nitrogens is 1. The number of rotatable bonds is 4. The second-order valence-electron chi connectivity index (χ2n) is 5.26. The zero-order chi connectivity index (χ0) is 16.8. The Labute approximate surface area is 151 Å². The number of thiocarbonyl (C=S) groups is 1. The number of thioether (sulfide) groups is 1. The second-order valence-corrected chi connectivity index (χ2v) is 6.91. The third kappa shape index (κ3) is 4.19. The highest BCUT2D eigenvalue weighted by Crippen LogP contribution is 2.23. The molecule has 3 nitrogen and oxygen atoms in total. The first-order valence-corrected chi connectivity index (χ1v) is 8.97. The van der Waals surface area contributed by atoms with Crippen LogP contribution in [0.2, 0.25) is 0 Å². The van der Waals surface area contributed by atoms with Gasteiger partial charge in [-0.1, -0.05) is 66.4 Å². The predicted molar refractivity (Wildman–Crippen MR) is 107 cm³/mol. The lowest BCUT2D eigenvalue weighted by Gasteiger charge is -2.07. The Morgan fingerprint density at radius 1 is 1.08 bits per heavy atom. The van der Waals surface area contributed by atoms with Crippen LogP contribution in [-0.4, -0.2) is 15.0 Å². The van der Waals surface area contributed by atoms with Crippen molar-refractivity contribution in [1.29, 1.82) is 0 Å². The van der Waals surface area contributed by atoms with E-state index < -0.39 is 0 Å². The largest absolute Gasteiger partial charge is 0.265 e. The van der Waals surface area contributed by atoms with Crippen molar-refractivity contribution in [2.24, 2.45) is 5.10 Å². The van der Waals surface area contributed by atoms with Crippen LogP contribution in [0, 0.1) is 0 Å². The first-order chi connectivity index (χ1) is 11.7. The molecule has 2 aromatic carbocycles. The number of hydrogen-bond acceptors (Lipinski definition) is 4. The van der Waals surface area contributed by atoms with Crippen LogP contribution in [-0.2, 0) is 5.75 Å². The van der Waals surface area contributed by atoms with Gasteiger partial charge in [-0.15, -0.1) is 0 Å². The molecule has 0 saturated heterocycles. The molecule has 1 aromatic heterocycles. The highest BCUT2D eigenvalue weighted by molar-refractivity contribution is 8.22. The van der Waals surface area contributed by atoms with Gasteiger partial charge in [0.05, 0.1) is 5.71 Å². The van der Waals surface area contributed by atoms with E-state index in [4.69, 9.17) is 12.2 Å². The fourth-order valence-corrected chi connectivity index (χ4v) is 3.25. The monoisotopic (exact) mass is 351 g/mol. The van der Waals surface area contributed by atoms with Gasteiger partial charge in [0.25, 0.3) is 0 Å². The van der Waals surface area contributed by atoms with Crippen LogP contribution < -0.4 is 5.43 Å². The maximum Gasteiger partial charge on any atom is 0.154 e. The lowest BCUT2D eigenvalue weighted by molar-refractivity contribution is 1.06. The molecule has 0 unspecified atom stereocenters. The highest BCUT2D eigenvalue weighted by atomic mass is 32.2. The molecule has 0 atom stereocenters. The Bertz CT molecular complexity index is 871.